The molecule has 0 amide bonds. The van der Waals surface area contributed by atoms with E-state index >= 15 is 0 Å². The topological polar surface area (TPSA) is 12.0 Å². The lowest BCUT2D eigenvalue weighted by atomic mass is 10.1. The second-order valence-corrected chi connectivity index (χ2v) is 4.19. The van der Waals surface area contributed by atoms with E-state index < -0.39 is 6.17 Å². The highest BCUT2D eigenvalue weighted by atomic mass is 32.1. The van der Waals surface area contributed by atoms with Gasteiger partial charge in [0.15, 0.2) is 0 Å². The Morgan fingerprint density at radius 2 is 2.29 bits per heavy atom. The molecule has 0 aliphatic carbocycles. The Kier molecular flexibility index (Phi) is 2.79. The molecular weight excluding hydrogens is 197 g/mol. The Bertz CT molecular complexity index is 424. The summed E-state index contributed by atoms with van der Waals surface area (Å²) in [6, 6.07) is 7.79. The fourth-order valence-electron chi connectivity index (χ4n) is 1.48. The third-order valence-electron chi connectivity index (χ3n) is 2.22. The van der Waals surface area contributed by atoms with Crippen LogP contribution < -0.4 is 5.32 Å². The highest BCUT2D eigenvalue weighted by Crippen LogP contribution is 2.25. The van der Waals surface area contributed by atoms with Gasteiger partial charge < -0.3 is 5.32 Å². The van der Waals surface area contributed by atoms with Gasteiger partial charge in [-0.25, -0.2) is 4.39 Å². The molecule has 1 nitrogen and oxygen atoms in total. The first-order valence-corrected chi connectivity index (χ1v) is 5.45. The van der Waals surface area contributed by atoms with Crippen molar-refractivity contribution in [1.29, 1.82) is 0 Å². The summed E-state index contributed by atoms with van der Waals surface area (Å²) < 4.78 is 14.7. The minimum absolute atomic E-state index is 0.371. The van der Waals surface area contributed by atoms with E-state index in [4.69, 9.17) is 0 Å². The number of likely N-dealkylation sites (N-methyl/N-ethyl adjacent to an activating group) is 1. The van der Waals surface area contributed by atoms with E-state index in [0.29, 0.717) is 6.54 Å². The van der Waals surface area contributed by atoms with Crippen LogP contribution in [0, 0.1) is 0 Å². The van der Waals surface area contributed by atoms with Crippen molar-refractivity contribution < 1.29 is 4.39 Å². The summed E-state index contributed by atoms with van der Waals surface area (Å²) in [5.74, 6) is 0. The molecule has 0 saturated heterocycles. The van der Waals surface area contributed by atoms with Crippen LogP contribution in [-0.4, -0.2) is 13.6 Å². The minimum atomic E-state index is -0.913. The van der Waals surface area contributed by atoms with Crippen molar-refractivity contribution in [3.8, 4) is 0 Å². The summed E-state index contributed by atoms with van der Waals surface area (Å²) >= 11 is 1.68. The summed E-state index contributed by atoms with van der Waals surface area (Å²) in [4.78, 5) is 0. The zero-order valence-electron chi connectivity index (χ0n) is 7.96. The van der Waals surface area contributed by atoms with Crippen molar-refractivity contribution in [1.82, 2.24) is 5.32 Å². The lowest BCUT2D eigenvalue weighted by Gasteiger charge is -2.07. The molecule has 1 aromatic heterocycles. The molecule has 74 valence electrons. The second kappa shape index (κ2) is 4.07. The monoisotopic (exact) mass is 209 g/mol. The van der Waals surface area contributed by atoms with Gasteiger partial charge in [-0.15, -0.1) is 11.3 Å². The molecule has 0 radical (unpaired) electrons. The van der Waals surface area contributed by atoms with Gasteiger partial charge in [0.2, 0.25) is 0 Å². The Hall–Kier alpha value is -0.930. The van der Waals surface area contributed by atoms with Gasteiger partial charge in [-0.1, -0.05) is 6.07 Å². The molecule has 14 heavy (non-hydrogen) atoms. The largest absolute Gasteiger partial charge is 0.317 e. The van der Waals surface area contributed by atoms with E-state index in [-0.39, 0.29) is 0 Å². The van der Waals surface area contributed by atoms with E-state index in [1.165, 1.54) is 4.70 Å². The van der Waals surface area contributed by atoms with Gasteiger partial charge in [0, 0.05) is 11.2 Å². The molecule has 1 N–H and O–H groups in total. The third-order valence-corrected chi connectivity index (χ3v) is 3.12. The number of benzene rings is 1. The predicted octanol–water partition coefficient (Wildman–Crippen LogP) is 3.13. The summed E-state index contributed by atoms with van der Waals surface area (Å²) in [6.07, 6.45) is -0.913. The number of fused-ring (bicyclic) bond motifs is 1. The maximum Gasteiger partial charge on any atom is 0.137 e. The molecule has 1 aromatic carbocycles. The Labute approximate surface area is 86.6 Å². The predicted molar refractivity (Wildman–Crippen MR) is 59.6 cm³/mol. The van der Waals surface area contributed by atoms with Crippen LogP contribution in [0.15, 0.2) is 29.6 Å². The smallest absolute Gasteiger partial charge is 0.137 e. The van der Waals surface area contributed by atoms with Gasteiger partial charge in [-0.3, -0.25) is 0 Å². The highest BCUT2D eigenvalue weighted by molar-refractivity contribution is 7.17. The van der Waals surface area contributed by atoms with Crippen molar-refractivity contribution in [2.75, 3.05) is 13.6 Å². The quantitative estimate of drug-likeness (QED) is 0.819. The molecule has 0 bridgehead atoms. The summed E-state index contributed by atoms with van der Waals surface area (Å²) in [5.41, 5.74) is 0.755. The highest BCUT2D eigenvalue weighted by Gasteiger charge is 2.08. The molecule has 3 heteroatoms. The number of hydrogen-bond acceptors (Lipinski definition) is 2. The van der Waals surface area contributed by atoms with Crippen LogP contribution in [0.3, 0.4) is 0 Å². The van der Waals surface area contributed by atoms with Gasteiger partial charge in [-0.05, 0) is 41.6 Å². The number of nitrogens with one attached hydrogen (secondary N) is 1. The van der Waals surface area contributed by atoms with Crippen LogP contribution in [0.4, 0.5) is 4.39 Å². The molecule has 1 unspecified atom stereocenters. The van der Waals surface area contributed by atoms with Crippen LogP contribution in [-0.2, 0) is 0 Å². The average Bonchev–Trinajstić information content (AvgIpc) is 2.64. The summed E-state index contributed by atoms with van der Waals surface area (Å²) in [7, 11) is 1.76. The molecule has 0 fully saturated rings. The van der Waals surface area contributed by atoms with E-state index in [0.717, 1.165) is 10.9 Å². The van der Waals surface area contributed by atoms with Crippen LogP contribution in [0.25, 0.3) is 10.1 Å². The average molecular weight is 209 g/mol. The maximum absolute atomic E-state index is 13.5. The maximum atomic E-state index is 13.5. The zero-order valence-corrected chi connectivity index (χ0v) is 8.77. The third kappa shape index (κ3) is 1.79. The molecule has 0 saturated carbocycles. The number of rotatable bonds is 3. The van der Waals surface area contributed by atoms with Crippen molar-refractivity contribution in [3.05, 3.63) is 35.2 Å². The van der Waals surface area contributed by atoms with E-state index in [9.17, 15) is 4.39 Å². The van der Waals surface area contributed by atoms with Crippen LogP contribution in [0.5, 0.6) is 0 Å². The van der Waals surface area contributed by atoms with Crippen molar-refractivity contribution >= 4 is 21.4 Å². The lowest BCUT2D eigenvalue weighted by Crippen LogP contribution is -2.13. The van der Waals surface area contributed by atoms with E-state index in [2.05, 4.69) is 5.32 Å². The first kappa shape index (κ1) is 9.62. The second-order valence-electron chi connectivity index (χ2n) is 3.24. The SMILES string of the molecule is CNCC(F)c1ccc2sccc2c1. The molecule has 0 spiro atoms. The first-order chi connectivity index (χ1) is 6.81. The molecule has 2 aromatic rings. The molecule has 1 heterocycles. The van der Waals surface area contributed by atoms with Crippen molar-refractivity contribution in [2.24, 2.45) is 0 Å². The van der Waals surface area contributed by atoms with Crippen molar-refractivity contribution in [2.45, 2.75) is 6.17 Å². The van der Waals surface area contributed by atoms with Crippen LogP contribution in [0.1, 0.15) is 11.7 Å². The van der Waals surface area contributed by atoms with E-state index in [1.54, 1.807) is 18.4 Å². The molecule has 1 atom stereocenters. The fraction of sp³-hybridized carbons (Fsp3) is 0.273. The minimum Gasteiger partial charge on any atom is -0.317 e. The van der Waals surface area contributed by atoms with Gasteiger partial charge in [0.05, 0.1) is 0 Å². The molecule has 0 aliphatic heterocycles. The normalized spacial score (nSPS) is 13.3. The van der Waals surface area contributed by atoms with E-state index in [1.807, 2.05) is 29.6 Å². The van der Waals surface area contributed by atoms with Gasteiger partial charge >= 0.3 is 0 Å². The Morgan fingerprint density at radius 3 is 3.07 bits per heavy atom. The number of halogens is 1. The molecular formula is C11H12FNS. The molecule has 0 aliphatic rings. The lowest BCUT2D eigenvalue weighted by molar-refractivity contribution is 0.336. The van der Waals surface area contributed by atoms with Gasteiger partial charge in [-0.2, -0.15) is 0 Å². The number of hydrogen-bond donors (Lipinski definition) is 1. The summed E-state index contributed by atoms with van der Waals surface area (Å²) in [5, 5.41) is 5.99. The standard InChI is InChI=1S/C11H12FNS/c1-13-7-10(12)8-2-3-11-9(6-8)4-5-14-11/h2-6,10,13H,7H2,1H3. The van der Waals surface area contributed by atoms with Crippen molar-refractivity contribution in [3.63, 3.8) is 0 Å². The summed E-state index contributed by atoms with van der Waals surface area (Å²) in [6.45, 7) is 0.371. The van der Waals surface area contributed by atoms with Gasteiger partial charge in [0.25, 0.3) is 0 Å². The fourth-order valence-corrected chi connectivity index (χ4v) is 2.25. The zero-order chi connectivity index (χ0) is 9.97. The molecule has 2 rings (SSSR count). The first-order valence-electron chi connectivity index (χ1n) is 4.57. The van der Waals surface area contributed by atoms with Crippen LogP contribution >= 0.6 is 11.3 Å². The number of alkyl halides is 1. The number of thiophene rings is 1. The van der Waals surface area contributed by atoms with Gasteiger partial charge in [0.1, 0.15) is 6.17 Å². The Morgan fingerprint density at radius 1 is 1.43 bits per heavy atom. The van der Waals surface area contributed by atoms with Crippen LogP contribution in [0.2, 0.25) is 0 Å². The Balaban J connectivity index is 2.33.